The van der Waals surface area contributed by atoms with E-state index in [4.69, 9.17) is 0 Å². The number of nitrogens with one attached hydrogen (secondary N) is 2. The second-order valence-corrected chi connectivity index (χ2v) is 5.59. The summed E-state index contributed by atoms with van der Waals surface area (Å²) in [6.07, 6.45) is -3.69. The van der Waals surface area contributed by atoms with Crippen LogP contribution in [0.3, 0.4) is 0 Å². The standard InChI is InChI=1S/C17H16F3N3O2/c1-10(2)22-15(24)11-3-6-13(7-4-11)23-16(25)12-5-8-14(21-9-12)17(18,19)20/h3-10H,1-2H3,(H,22,24)(H,23,25). The molecule has 1 aromatic carbocycles. The number of aromatic nitrogens is 1. The molecule has 2 rings (SSSR count). The van der Waals surface area contributed by atoms with Crippen LogP contribution in [0.4, 0.5) is 18.9 Å². The summed E-state index contributed by atoms with van der Waals surface area (Å²) in [7, 11) is 0. The van der Waals surface area contributed by atoms with Crippen molar-refractivity contribution in [1.29, 1.82) is 0 Å². The third-order valence-electron chi connectivity index (χ3n) is 3.14. The molecule has 132 valence electrons. The number of carbonyl (C=O) groups is 2. The van der Waals surface area contributed by atoms with Gasteiger partial charge in [0.05, 0.1) is 5.56 Å². The van der Waals surface area contributed by atoms with Gasteiger partial charge in [-0.15, -0.1) is 0 Å². The summed E-state index contributed by atoms with van der Waals surface area (Å²) in [4.78, 5) is 27.1. The SMILES string of the molecule is CC(C)NC(=O)c1ccc(NC(=O)c2ccc(C(F)(F)F)nc2)cc1. The lowest BCUT2D eigenvalue weighted by Gasteiger charge is -2.10. The van der Waals surface area contributed by atoms with Gasteiger partial charge in [-0.3, -0.25) is 14.6 Å². The van der Waals surface area contributed by atoms with E-state index in [9.17, 15) is 22.8 Å². The Hall–Kier alpha value is -2.90. The molecule has 1 aromatic heterocycles. The second kappa shape index (κ2) is 7.33. The van der Waals surface area contributed by atoms with E-state index in [0.717, 1.165) is 18.3 Å². The van der Waals surface area contributed by atoms with Gasteiger partial charge in [-0.1, -0.05) is 0 Å². The number of hydrogen-bond donors (Lipinski definition) is 2. The molecule has 2 amide bonds. The number of nitrogens with zero attached hydrogens (tertiary/aromatic N) is 1. The minimum atomic E-state index is -4.55. The van der Waals surface area contributed by atoms with Crippen LogP contribution in [0.1, 0.15) is 40.3 Å². The third-order valence-corrected chi connectivity index (χ3v) is 3.14. The van der Waals surface area contributed by atoms with Crippen LogP contribution in [0.25, 0.3) is 0 Å². The van der Waals surface area contributed by atoms with Gasteiger partial charge in [0.1, 0.15) is 5.69 Å². The van der Waals surface area contributed by atoms with Crippen molar-refractivity contribution in [3.8, 4) is 0 Å². The Bertz CT molecular complexity index is 754. The molecule has 0 spiro atoms. The monoisotopic (exact) mass is 351 g/mol. The summed E-state index contributed by atoms with van der Waals surface area (Å²) >= 11 is 0. The second-order valence-electron chi connectivity index (χ2n) is 5.59. The quantitative estimate of drug-likeness (QED) is 0.886. The van der Waals surface area contributed by atoms with Crippen LogP contribution in [0.15, 0.2) is 42.6 Å². The van der Waals surface area contributed by atoms with Crippen molar-refractivity contribution >= 4 is 17.5 Å². The average Bonchev–Trinajstić information content (AvgIpc) is 2.54. The number of anilines is 1. The maximum absolute atomic E-state index is 12.5. The Labute approximate surface area is 142 Å². The molecule has 0 aliphatic carbocycles. The largest absolute Gasteiger partial charge is 0.433 e. The lowest BCUT2D eigenvalue weighted by atomic mass is 10.1. The summed E-state index contributed by atoms with van der Waals surface area (Å²) in [6, 6.07) is 7.94. The van der Waals surface area contributed by atoms with Crippen molar-refractivity contribution in [2.24, 2.45) is 0 Å². The number of carbonyl (C=O) groups excluding carboxylic acids is 2. The van der Waals surface area contributed by atoms with Gasteiger partial charge < -0.3 is 10.6 Å². The summed E-state index contributed by atoms with van der Waals surface area (Å²) < 4.78 is 37.4. The zero-order chi connectivity index (χ0) is 18.6. The van der Waals surface area contributed by atoms with E-state index in [0.29, 0.717) is 11.3 Å². The van der Waals surface area contributed by atoms with Crippen molar-refractivity contribution in [3.63, 3.8) is 0 Å². The predicted octanol–water partition coefficient (Wildman–Crippen LogP) is 3.49. The molecule has 0 saturated carbocycles. The molecule has 0 aliphatic heterocycles. The zero-order valence-electron chi connectivity index (χ0n) is 13.5. The van der Waals surface area contributed by atoms with Gasteiger partial charge in [-0.25, -0.2) is 0 Å². The highest BCUT2D eigenvalue weighted by molar-refractivity contribution is 6.04. The third kappa shape index (κ3) is 5.03. The molecule has 1 heterocycles. The van der Waals surface area contributed by atoms with Gasteiger partial charge in [-0.2, -0.15) is 13.2 Å². The maximum atomic E-state index is 12.5. The molecule has 2 N–H and O–H groups in total. The van der Waals surface area contributed by atoms with Crippen molar-refractivity contribution in [3.05, 3.63) is 59.4 Å². The van der Waals surface area contributed by atoms with Crippen LogP contribution in [0.5, 0.6) is 0 Å². The molecule has 8 heteroatoms. The highest BCUT2D eigenvalue weighted by Crippen LogP contribution is 2.27. The van der Waals surface area contributed by atoms with Crippen molar-refractivity contribution in [1.82, 2.24) is 10.3 Å². The predicted molar refractivity (Wildman–Crippen MR) is 86.2 cm³/mol. The van der Waals surface area contributed by atoms with Gasteiger partial charge in [0, 0.05) is 23.5 Å². The molecule has 0 bridgehead atoms. The van der Waals surface area contributed by atoms with Crippen molar-refractivity contribution in [2.75, 3.05) is 5.32 Å². The first-order chi connectivity index (χ1) is 11.7. The summed E-state index contributed by atoms with van der Waals surface area (Å²) in [5.74, 6) is -0.833. The minimum absolute atomic E-state index is 0.000880. The molecule has 5 nitrogen and oxygen atoms in total. The summed E-state index contributed by atoms with van der Waals surface area (Å²) in [5.41, 5.74) is -0.229. The number of rotatable bonds is 4. The maximum Gasteiger partial charge on any atom is 0.433 e. The fourth-order valence-corrected chi connectivity index (χ4v) is 1.95. The number of benzene rings is 1. The van der Waals surface area contributed by atoms with Crippen LogP contribution in [-0.2, 0) is 6.18 Å². The smallest absolute Gasteiger partial charge is 0.350 e. The van der Waals surface area contributed by atoms with Gasteiger partial charge in [0.2, 0.25) is 0 Å². The highest BCUT2D eigenvalue weighted by atomic mass is 19.4. The molecule has 0 radical (unpaired) electrons. The molecule has 0 fully saturated rings. The molecule has 0 aliphatic rings. The summed E-state index contributed by atoms with van der Waals surface area (Å²) in [5, 5.41) is 5.27. The van der Waals surface area contributed by atoms with Crippen LogP contribution in [-0.4, -0.2) is 22.8 Å². The number of halogens is 3. The first kappa shape index (κ1) is 18.4. The molecular weight excluding hydrogens is 335 g/mol. The first-order valence-electron chi connectivity index (χ1n) is 7.42. The molecule has 0 atom stereocenters. The minimum Gasteiger partial charge on any atom is -0.350 e. The Morgan fingerprint density at radius 3 is 2.04 bits per heavy atom. The van der Waals surface area contributed by atoms with Crippen molar-refractivity contribution in [2.45, 2.75) is 26.1 Å². The van der Waals surface area contributed by atoms with E-state index in [1.54, 1.807) is 12.1 Å². The van der Waals surface area contributed by atoms with Crippen LogP contribution in [0, 0.1) is 0 Å². The molecule has 0 unspecified atom stereocenters. The lowest BCUT2D eigenvalue weighted by Crippen LogP contribution is -2.30. The number of alkyl halides is 3. The van der Waals surface area contributed by atoms with E-state index >= 15 is 0 Å². The van der Waals surface area contributed by atoms with Crippen LogP contribution >= 0.6 is 0 Å². The van der Waals surface area contributed by atoms with Gasteiger partial charge >= 0.3 is 6.18 Å². The zero-order valence-corrected chi connectivity index (χ0v) is 13.5. The fraction of sp³-hybridized carbons (Fsp3) is 0.235. The fourth-order valence-electron chi connectivity index (χ4n) is 1.95. The van der Waals surface area contributed by atoms with Gasteiger partial charge in [0.25, 0.3) is 11.8 Å². The summed E-state index contributed by atoms with van der Waals surface area (Å²) in [6.45, 7) is 3.68. The van der Waals surface area contributed by atoms with E-state index < -0.39 is 17.8 Å². The van der Waals surface area contributed by atoms with E-state index in [1.807, 2.05) is 13.8 Å². The topological polar surface area (TPSA) is 71.1 Å². The van der Waals surface area contributed by atoms with Gasteiger partial charge in [0.15, 0.2) is 0 Å². The Morgan fingerprint density at radius 2 is 1.56 bits per heavy atom. The Balaban J connectivity index is 2.04. The first-order valence-corrected chi connectivity index (χ1v) is 7.42. The molecule has 2 aromatic rings. The van der Waals surface area contributed by atoms with Crippen LogP contribution in [0.2, 0.25) is 0 Å². The van der Waals surface area contributed by atoms with Gasteiger partial charge in [-0.05, 0) is 50.2 Å². The Kier molecular flexibility index (Phi) is 5.41. The molecule has 0 saturated heterocycles. The van der Waals surface area contributed by atoms with E-state index in [2.05, 4.69) is 15.6 Å². The van der Waals surface area contributed by atoms with Crippen molar-refractivity contribution < 1.29 is 22.8 Å². The van der Waals surface area contributed by atoms with E-state index in [1.165, 1.54) is 12.1 Å². The lowest BCUT2D eigenvalue weighted by molar-refractivity contribution is -0.141. The van der Waals surface area contributed by atoms with E-state index in [-0.39, 0.29) is 17.5 Å². The van der Waals surface area contributed by atoms with Crippen LogP contribution < -0.4 is 10.6 Å². The number of amides is 2. The average molecular weight is 351 g/mol. The molecule has 25 heavy (non-hydrogen) atoms. The molecular formula is C17H16F3N3O2. The Morgan fingerprint density at radius 1 is 0.960 bits per heavy atom. The highest BCUT2D eigenvalue weighted by Gasteiger charge is 2.32. The number of hydrogen-bond acceptors (Lipinski definition) is 3. The number of pyridine rings is 1. The normalized spacial score (nSPS) is 11.3.